The third-order valence-electron chi connectivity index (χ3n) is 4.02. The Morgan fingerprint density at radius 2 is 2.12 bits per heavy atom. The second kappa shape index (κ2) is 5.77. The molecular formula is C17H16N6O. The Kier molecular flexibility index (Phi) is 3.45. The first-order valence-electron chi connectivity index (χ1n) is 7.69. The van der Waals surface area contributed by atoms with Crippen molar-refractivity contribution in [3.63, 3.8) is 0 Å². The SMILES string of the molecule is Cn1cc(-n2ccc(=O)c(CCc3ccnc4[nH]ccc34)n2)cn1. The van der Waals surface area contributed by atoms with Crippen LogP contribution in [-0.4, -0.2) is 29.5 Å². The predicted octanol–water partition coefficient (Wildman–Crippen LogP) is 1.63. The van der Waals surface area contributed by atoms with Gasteiger partial charge in [-0.1, -0.05) is 0 Å². The average Bonchev–Trinajstić information content (AvgIpc) is 3.23. The summed E-state index contributed by atoms with van der Waals surface area (Å²) in [6, 6.07) is 5.54. The number of rotatable bonds is 4. The second-order valence-electron chi connectivity index (χ2n) is 5.65. The summed E-state index contributed by atoms with van der Waals surface area (Å²) < 4.78 is 3.39. The molecule has 4 aromatic rings. The van der Waals surface area contributed by atoms with Crippen LogP contribution in [0.1, 0.15) is 11.3 Å². The molecule has 120 valence electrons. The van der Waals surface area contributed by atoms with E-state index in [4.69, 9.17) is 0 Å². The summed E-state index contributed by atoms with van der Waals surface area (Å²) in [6.45, 7) is 0. The van der Waals surface area contributed by atoms with Crippen molar-refractivity contribution >= 4 is 11.0 Å². The Morgan fingerprint density at radius 1 is 1.21 bits per heavy atom. The topological polar surface area (TPSA) is 81.4 Å². The highest BCUT2D eigenvalue weighted by molar-refractivity contribution is 5.79. The van der Waals surface area contributed by atoms with Crippen LogP contribution in [-0.2, 0) is 19.9 Å². The van der Waals surface area contributed by atoms with E-state index in [1.165, 1.54) is 0 Å². The van der Waals surface area contributed by atoms with E-state index in [-0.39, 0.29) is 5.43 Å². The molecule has 7 heteroatoms. The molecule has 0 aliphatic heterocycles. The molecule has 0 aliphatic rings. The van der Waals surface area contributed by atoms with Crippen LogP contribution in [0.4, 0.5) is 0 Å². The van der Waals surface area contributed by atoms with Gasteiger partial charge in [0.1, 0.15) is 17.0 Å². The van der Waals surface area contributed by atoms with Crippen molar-refractivity contribution < 1.29 is 0 Å². The lowest BCUT2D eigenvalue weighted by molar-refractivity contribution is 0.754. The van der Waals surface area contributed by atoms with Crippen LogP contribution < -0.4 is 5.43 Å². The van der Waals surface area contributed by atoms with E-state index in [0.717, 1.165) is 28.7 Å². The van der Waals surface area contributed by atoms with Crippen molar-refractivity contribution in [3.8, 4) is 5.69 Å². The fourth-order valence-corrected chi connectivity index (χ4v) is 2.78. The third-order valence-corrected chi connectivity index (χ3v) is 4.02. The average molecular weight is 320 g/mol. The van der Waals surface area contributed by atoms with Crippen molar-refractivity contribution in [1.29, 1.82) is 0 Å². The highest BCUT2D eigenvalue weighted by Gasteiger charge is 2.08. The van der Waals surface area contributed by atoms with E-state index in [2.05, 4.69) is 20.2 Å². The Labute approximate surface area is 137 Å². The molecule has 0 spiro atoms. The van der Waals surface area contributed by atoms with Gasteiger partial charge in [-0.15, -0.1) is 0 Å². The van der Waals surface area contributed by atoms with Crippen LogP contribution >= 0.6 is 0 Å². The summed E-state index contributed by atoms with van der Waals surface area (Å²) in [5.41, 5.74) is 3.34. The number of H-pyrrole nitrogens is 1. The third kappa shape index (κ3) is 2.60. The van der Waals surface area contributed by atoms with Crippen LogP contribution in [0.5, 0.6) is 0 Å². The van der Waals surface area contributed by atoms with Gasteiger partial charge in [-0.05, 0) is 30.5 Å². The molecule has 0 atom stereocenters. The number of nitrogens with one attached hydrogen (secondary N) is 1. The number of hydrogen-bond donors (Lipinski definition) is 1. The van der Waals surface area contributed by atoms with Gasteiger partial charge in [-0.25, -0.2) is 9.67 Å². The molecule has 7 nitrogen and oxygen atoms in total. The number of pyridine rings is 1. The standard InChI is InChI=1S/C17H16N6O/c1-22-11-13(10-20-22)23-9-6-16(24)15(21-23)3-2-12-4-7-18-17-14(12)5-8-19-17/h4-11H,2-3H2,1H3,(H,18,19). The molecule has 0 fully saturated rings. The minimum absolute atomic E-state index is 0.0468. The molecule has 1 N–H and O–H groups in total. The zero-order valence-electron chi connectivity index (χ0n) is 13.2. The van der Waals surface area contributed by atoms with E-state index in [1.54, 1.807) is 34.0 Å². The number of aromatic amines is 1. The molecule has 0 amide bonds. The minimum Gasteiger partial charge on any atom is -0.346 e. The van der Waals surface area contributed by atoms with E-state index in [1.807, 2.05) is 31.6 Å². The first-order chi connectivity index (χ1) is 11.7. The Bertz CT molecular complexity index is 1060. The molecule has 4 aromatic heterocycles. The van der Waals surface area contributed by atoms with Gasteiger partial charge in [0.05, 0.1) is 12.4 Å². The fraction of sp³-hybridized carbons (Fsp3) is 0.176. The lowest BCUT2D eigenvalue weighted by Crippen LogP contribution is -2.16. The molecular weight excluding hydrogens is 304 g/mol. The van der Waals surface area contributed by atoms with Gasteiger partial charge in [0.2, 0.25) is 5.43 Å². The van der Waals surface area contributed by atoms with Crippen LogP contribution in [0.25, 0.3) is 16.7 Å². The lowest BCUT2D eigenvalue weighted by Gasteiger charge is -2.06. The highest BCUT2D eigenvalue weighted by Crippen LogP contribution is 2.16. The first kappa shape index (κ1) is 14.4. The number of nitrogens with zero attached hydrogens (tertiary/aromatic N) is 5. The highest BCUT2D eigenvalue weighted by atomic mass is 16.1. The van der Waals surface area contributed by atoms with Gasteiger partial charge in [0, 0.05) is 37.1 Å². The molecule has 4 rings (SSSR count). The summed E-state index contributed by atoms with van der Waals surface area (Å²) in [5, 5.41) is 9.68. The van der Waals surface area contributed by atoms with Crippen LogP contribution in [0.3, 0.4) is 0 Å². The summed E-state index contributed by atoms with van der Waals surface area (Å²) in [4.78, 5) is 19.5. The van der Waals surface area contributed by atoms with Gasteiger partial charge in [-0.3, -0.25) is 9.48 Å². The molecule has 0 radical (unpaired) electrons. The normalized spacial score (nSPS) is 11.2. The van der Waals surface area contributed by atoms with Gasteiger partial charge in [-0.2, -0.15) is 10.2 Å². The summed E-state index contributed by atoms with van der Waals surface area (Å²) in [7, 11) is 1.85. The Hall–Kier alpha value is -3.22. The van der Waals surface area contributed by atoms with Crippen LogP contribution in [0, 0.1) is 0 Å². The molecule has 0 unspecified atom stereocenters. The number of aryl methyl sites for hydroxylation is 3. The maximum Gasteiger partial charge on any atom is 0.203 e. The molecule has 24 heavy (non-hydrogen) atoms. The molecule has 4 heterocycles. The number of fused-ring (bicyclic) bond motifs is 1. The summed E-state index contributed by atoms with van der Waals surface area (Å²) in [6.07, 6.45) is 10.2. The lowest BCUT2D eigenvalue weighted by atomic mass is 10.1. The summed E-state index contributed by atoms with van der Waals surface area (Å²) in [5.74, 6) is 0. The van der Waals surface area contributed by atoms with E-state index < -0.39 is 0 Å². The fourth-order valence-electron chi connectivity index (χ4n) is 2.78. The minimum atomic E-state index is -0.0468. The van der Waals surface area contributed by atoms with Gasteiger partial charge in [0.25, 0.3) is 0 Å². The van der Waals surface area contributed by atoms with Gasteiger partial charge < -0.3 is 4.98 Å². The van der Waals surface area contributed by atoms with E-state index in [0.29, 0.717) is 12.1 Å². The smallest absolute Gasteiger partial charge is 0.203 e. The maximum atomic E-state index is 12.1. The second-order valence-corrected chi connectivity index (χ2v) is 5.65. The van der Waals surface area contributed by atoms with Crippen LogP contribution in [0.15, 0.2) is 54.0 Å². The Morgan fingerprint density at radius 3 is 2.96 bits per heavy atom. The van der Waals surface area contributed by atoms with Crippen LogP contribution in [0.2, 0.25) is 0 Å². The number of aromatic nitrogens is 6. The van der Waals surface area contributed by atoms with Crippen molar-refractivity contribution in [3.05, 3.63) is 70.7 Å². The Balaban J connectivity index is 1.62. The molecule has 0 aliphatic carbocycles. The monoisotopic (exact) mass is 320 g/mol. The molecule has 0 bridgehead atoms. The van der Waals surface area contributed by atoms with Crippen molar-refractivity contribution in [2.24, 2.45) is 7.05 Å². The zero-order valence-corrected chi connectivity index (χ0v) is 13.2. The van der Waals surface area contributed by atoms with Crippen molar-refractivity contribution in [2.75, 3.05) is 0 Å². The summed E-state index contributed by atoms with van der Waals surface area (Å²) >= 11 is 0. The first-order valence-corrected chi connectivity index (χ1v) is 7.69. The van der Waals surface area contributed by atoms with Gasteiger partial charge >= 0.3 is 0 Å². The molecule has 0 saturated heterocycles. The maximum absolute atomic E-state index is 12.1. The van der Waals surface area contributed by atoms with E-state index >= 15 is 0 Å². The predicted molar refractivity (Wildman–Crippen MR) is 90.1 cm³/mol. The van der Waals surface area contributed by atoms with Crippen molar-refractivity contribution in [1.82, 2.24) is 29.5 Å². The molecule has 0 saturated carbocycles. The zero-order chi connectivity index (χ0) is 16.5. The molecule has 0 aromatic carbocycles. The van der Waals surface area contributed by atoms with E-state index in [9.17, 15) is 4.79 Å². The van der Waals surface area contributed by atoms with Crippen molar-refractivity contribution in [2.45, 2.75) is 12.8 Å². The largest absolute Gasteiger partial charge is 0.346 e. The number of hydrogen-bond acceptors (Lipinski definition) is 4. The van der Waals surface area contributed by atoms with Gasteiger partial charge in [0.15, 0.2) is 0 Å². The quantitative estimate of drug-likeness (QED) is 0.619.